The Morgan fingerprint density at radius 2 is 1.80 bits per heavy atom. The van der Waals surface area contributed by atoms with Gasteiger partial charge >= 0.3 is 6.03 Å². The molecule has 0 radical (unpaired) electrons. The zero-order valence-electron chi connectivity index (χ0n) is 15.2. The molecule has 2 N–H and O–H groups in total. The van der Waals surface area contributed by atoms with Crippen molar-refractivity contribution in [1.29, 1.82) is 0 Å². The molecule has 1 atom stereocenters. The fourth-order valence-electron chi connectivity index (χ4n) is 2.69. The van der Waals surface area contributed by atoms with Gasteiger partial charge in [-0.25, -0.2) is 4.79 Å². The number of anilines is 1. The van der Waals surface area contributed by atoms with Crippen LogP contribution in [-0.4, -0.2) is 62.7 Å². The number of methoxy groups -OCH3 is 1. The van der Waals surface area contributed by atoms with E-state index in [4.69, 9.17) is 4.74 Å². The van der Waals surface area contributed by atoms with E-state index < -0.39 is 6.03 Å². The molecule has 1 saturated heterocycles. The average molecular weight is 348 g/mol. The maximum atomic E-state index is 12.0. The van der Waals surface area contributed by atoms with E-state index in [2.05, 4.69) is 20.4 Å². The molecule has 25 heavy (non-hydrogen) atoms. The fourth-order valence-corrected chi connectivity index (χ4v) is 2.69. The largest absolute Gasteiger partial charge is 0.497 e. The highest BCUT2D eigenvalue weighted by Crippen LogP contribution is 2.20. The van der Waals surface area contributed by atoms with Crippen molar-refractivity contribution in [3.63, 3.8) is 0 Å². The van der Waals surface area contributed by atoms with Crippen LogP contribution in [-0.2, 0) is 4.79 Å². The summed E-state index contributed by atoms with van der Waals surface area (Å²) in [7, 11) is 1.65. The first-order valence-corrected chi connectivity index (χ1v) is 8.73. The van der Waals surface area contributed by atoms with Crippen LogP contribution in [0.4, 0.5) is 10.5 Å². The Bertz CT molecular complexity index is 568. The van der Waals surface area contributed by atoms with Crippen molar-refractivity contribution < 1.29 is 14.3 Å². The smallest absolute Gasteiger partial charge is 0.321 e. The van der Waals surface area contributed by atoms with E-state index in [1.54, 1.807) is 7.11 Å². The minimum Gasteiger partial charge on any atom is -0.497 e. The number of carbonyl (C=O) groups excluding carboxylic acids is 2. The van der Waals surface area contributed by atoms with Gasteiger partial charge in [0.1, 0.15) is 5.75 Å². The summed E-state index contributed by atoms with van der Waals surface area (Å²) in [6.45, 7) is 7.39. The molecular formula is C18H28N4O3. The van der Waals surface area contributed by atoms with Crippen LogP contribution < -0.4 is 20.3 Å². The van der Waals surface area contributed by atoms with Gasteiger partial charge in [0.25, 0.3) is 0 Å². The van der Waals surface area contributed by atoms with Gasteiger partial charge in [-0.15, -0.1) is 0 Å². The zero-order chi connectivity index (χ0) is 18.2. The lowest BCUT2D eigenvalue weighted by Gasteiger charge is -2.35. The van der Waals surface area contributed by atoms with Gasteiger partial charge in [0.15, 0.2) is 0 Å². The Morgan fingerprint density at radius 3 is 2.36 bits per heavy atom. The molecule has 0 saturated carbocycles. The number of hydrogen-bond acceptors (Lipinski definition) is 5. The van der Waals surface area contributed by atoms with Gasteiger partial charge in [-0.2, -0.15) is 0 Å². The van der Waals surface area contributed by atoms with Gasteiger partial charge in [0.2, 0.25) is 5.91 Å². The summed E-state index contributed by atoms with van der Waals surface area (Å²) in [6.07, 6.45) is 0.828. The number of benzene rings is 1. The summed E-state index contributed by atoms with van der Waals surface area (Å²) >= 11 is 0. The number of imide groups is 1. The first kappa shape index (κ1) is 19.1. The average Bonchev–Trinajstić information content (AvgIpc) is 2.62. The van der Waals surface area contributed by atoms with Crippen molar-refractivity contribution in [3.05, 3.63) is 24.3 Å². The molecule has 7 heteroatoms. The third kappa shape index (κ3) is 5.94. The lowest BCUT2D eigenvalue weighted by Crippen LogP contribution is -2.51. The number of nitrogens with zero attached hydrogens (tertiary/aromatic N) is 2. The van der Waals surface area contributed by atoms with Crippen molar-refractivity contribution >= 4 is 17.6 Å². The molecular weight excluding hydrogens is 320 g/mol. The minimum absolute atomic E-state index is 0.0563. The van der Waals surface area contributed by atoms with Crippen molar-refractivity contribution in [2.75, 3.05) is 44.7 Å². The Kier molecular flexibility index (Phi) is 7.06. The quantitative estimate of drug-likeness (QED) is 0.814. The number of rotatable bonds is 6. The molecule has 0 aliphatic carbocycles. The summed E-state index contributed by atoms with van der Waals surface area (Å²) in [6, 6.07) is 7.62. The van der Waals surface area contributed by atoms with E-state index in [0.717, 1.165) is 44.0 Å². The maximum Gasteiger partial charge on any atom is 0.321 e. The van der Waals surface area contributed by atoms with Gasteiger partial charge in [-0.3, -0.25) is 15.0 Å². The summed E-state index contributed by atoms with van der Waals surface area (Å²) in [5.74, 6) is 0.577. The topological polar surface area (TPSA) is 73.9 Å². The second kappa shape index (κ2) is 9.27. The summed E-state index contributed by atoms with van der Waals surface area (Å²) < 4.78 is 5.18. The predicted molar refractivity (Wildman–Crippen MR) is 98.1 cm³/mol. The predicted octanol–water partition coefficient (Wildman–Crippen LogP) is 1.44. The summed E-state index contributed by atoms with van der Waals surface area (Å²) in [5.41, 5.74) is 1.15. The second-order valence-electron chi connectivity index (χ2n) is 6.29. The SMILES string of the molecule is CC[C@@H](C)NC(=O)NC(=O)CN1CCN(c2ccc(OC)cc2)CC1. The molecule has 138 valence electrons. The van der Waals surface area contributed by atoms with Gasteiger partial charge in [0.05, 0.1) is 13.7 Å². The maximum absolute atomic E-state index is 12.0. The van der Waals surface area contributed by atoms with Crippen LogP contribution in [0.1, 0.15) is 20.3 Å². The molecule has 2 rings (SSSR count). The molecule has 0 unspecified atom stereocenters. The Morgan fingerprint density at radius 1 is 1.16 bits per heavy atom. The van der Waals surface area contributed by atoms with Gasteiger partial charge < -0.3 is 15.0 Å². The fraction of sp³-hybridized carbons (Fsp3) is 0.556. The number of amides is 3. The normalized spacial score (nSPS) is 16.2. The van der Waals surface area contributed by atoms with Crippen LogP contribution in [0, 0.1) is 0 Å². The molecule has 1 fully saturated rings. The van der Waals surface area contributed by atoms with Crippen LogP contribution in [0.2, 0.25) is 0 Å². The number of nitrogens with one attached hydrogen (secondary N) is 2. The van der Waals surface area contributed by atoms with Crippen molar-refractivity contribution in [2.24, 2.45) is 0 Å². The number of hydrogen-bond donors (Lipinski definition) is 2. The molecule has 1 aliphatic rings. The van der Waals surface area contributed by atoms with Crippen LogP contribution in [0.15, 0.2) is 24.3 Å². The Hall–Kier alpha value is -2.28. The van der Waals surface area contributed by atoms with Gasteiger partial charge in [0, 0.05) is 37.9 Å². The second-order valence-corrected chi connectivity index (χ2v) is 6.29. The Labute approximate surface area is 149 Å². The van der Waals surface area contributed by atoms with Crippen LogP contribution in [0.25, 0.3) is 0 Å². The van der Waals surface area contributed by atoms with E-state index in [9.17, 15) is 9.59 Å². The highest BCUT2D eigenvalue weighted by Gasteiger charge is 2.20. The van der Waals surface area contributed by atoms with Crippen molar-refractivity contribution in [2.45, 2.75) is 26.3 Å². The molecule has 1 aliphatic heterocycles. The molecule has 1 heterocycles. The monoisotopic (exact) mass is 348 g/mol. The van der Waals surface area contributed by atoms with Crippen molar-refractivity contribution in [1.82, 2.24) is 15.5 Å². The van der Waals surface area contributed by atoms with Gasteiger partial charge in [-0.05, 0) is 37.6 Å². The van der Waals surface area contributed by atoms with Crippen LogP contribution >= 0.6 is 0 Å². The third-order valence-corrected chi connectivity index (χ3v) is 4.42. The van der Waals surface area contributed by atoms with E-state index in [1.807, 2.05) is 38.1 Å². The van der Waals surface area contributed by atoms with E-state index in [0.29, 0.717) is 0 Å². The zero-order valence-corrected chi connectivity index (χ0v) is 15.2. The highest BCUT2D eigenvalue weighted by atomic mass is 16.5. The molecule has 3 amide bonds. The lowest BCUT2D eigenvalue weighted by molar-refractivity contribution is -0.121. The molecule has 0 bridgehead atoms. The molecule has 7 nitrogen and oxygen atoms in total. The molecule has 0 spiro atoms. The molecule has 1 aromatic rings. The number of urea groups is 1. The van der Waals surface area contributed by atoms with Crippen LogP contribution in [0.3, 0.4) is 0 Å². The molecule has 0 aromatic heterocycles. The third-order valence-electron chi connectivity index (χ3n) is 4.42. The molecule has 1 aromatic carbocycles. The van der Waals surface area contributed by atoms with E-state index >= 15 is 0 Å². The van der Waals surface area contributed by atoms with Crippen molar-refractivity contribution in [3.8, 4) is 5.75 Å². The number of ether oxygens (including phenoxy) is 1. The first-order chi connectivity index (χ1) is 12.0. The standard InChI is InChI=1S/C18H28N4O3/c1-4-14(2)19-18(24)20-17(23)13-21-9-11-22(12-10-21)15-5-7-16(25-3)8-6-15/h5-8,14H,4,9-13H2,1-3H3,(H2,19,20,23,24)/t14-/m1/s1. The number of carbonyl (C=O) groups is 2. The Balaban J connectivity index is 1.74. The van der Waals surface area contributed by atoms with Gasteiger partial charge in [-0.1, -0.05) is 6.92 Å². The minimum atomic E-state index is -0.420. The summed E-state index contributed by atoms with van der Waals surface area (Å²) in [4.78, 5) is 28.0. The number of piperazine rings is 1. The van der Waals surface area contributed by atoms with E-state index in [-0.39, 0.29) is 18.5 Å². The van der Waals surface area contributed by atoms with E-state index in [1.165, 1.54) is 0 Å². The lowest BCUT2D eigenvalue weighted by atomic mass is 10.2. The summed E-state index contributed by atoms with van der Waals surface area (Å²) in [5, 5.41) is 5.12. The highest BCUT2D eigenvalue weighted by molar-refractivity contribution is 5.95. The van der Waals surface area contributed by atoms with Crippen LogP contribution in [0.5, 0.6) is 5.75 Å². The first-order valence-electron chi connectivity index (χ1n) is 8.73.